The molecule has 0 aromatic heterocycles. The second kappa shape index (κ2) is 12.4. The summed E-state index contributed by atoms with van der Waals surface area (Å²) in [5.41, 5.74) is 0. The molecular formula is C15H30N2O4. The first-order valence-corrected chi connectivity index (χ1v) is 7.81. The van der Waals surface area contributed by atoms with E-state index in [1.807, 2.05) is 4.90 Å². The Labute approximate surface area is 127 Å². The number of carboxylic acid groups (broad SMARTS) is 1. The molecule has 0 saturated heterocycles. The zero-order valence-corrected chi connectivity index (χ0v) is 13.6. The fourth-order valence-corrected chi connectivity index (χ4v) is 2.24. The van der Waals surface area contributed by atoms with Crippen LogP contribution in [0.4, 0.5) is 4.79 Å². The van der Waals surface area contributed by atoms with Gasteiger partial charge in [0, 0.05) is 32.7 Å². The SMILES string of the molecule is CCC(CC)N(CCOC)C(=O)NCCCCCC(=O)O. The summed E-state index contributed by atoms with van der Waals surface area (Å²) < 4.78 is 5.06. The topological polar surface area (TPSA) is 78.9 Å². The molecule has 0 spiro atoms. The maximum absolute atomic E-state index is 12.2. The van der Waals surface area contributed by atoms with Crippen LogP contribution in [0.3, 0.4) is 0 Å². The summed E-state index contributed by atoms with van der Waals surface area (Å²) in [6.45, 7) is 5.86. The number of nitrogens with one attached hydrogen (secondary N) is 1. The molecule has 124 valence electrons. The van der Waals surface area contributed by atoms with Crippen molar-refractivity contribution in [1.29, 1.82) is 0 Å². The van der Waals surface area contributed by atoms with Gasteiger partial charge in [0.25, 0.3) is 0 Å². The Bertz CT molecular complexity index is 293. The molecule has 0 fully saturated rings. The number of methoxy groups -OCH3 is 1. The highest BCUT2D eigenvalue weighted by Gasteiger charge is 2.20. The molecule has 6 nitrogen and oxygen atoms in total. The lowest BCUT2D eigenvalue weighted by atomic mass is 10.1. The summed E-state index contributed by atoms with van der Waals surface area (Å²) in [6, 6.07) is 0.172. The molecule has 0 aromatic rings. The Morgan fingerprint density at radius 2 is 1.86 bits per heavy atom. The van der Waals surface area contributed by atoms with Gasteiger partial charge < -0.3 is 20.1 Å². The van der Waals surface area contributed by atoms with Gasteiger partial charge in [-0.25, -0.2) is 4.79 Å². The van der Waals surface area contributed by atoms with Crippen LogP contribution >= 0.6 is 0 Å². The molecule has 2 amide bonds. The van der Waals surface area contributed by atoms with Gasteiger partial charge in [0.2, 0.25) is 0 Å². The van der Waals surface area contributed by atoms with E-state index in [9.17, 15) is 9.59 Å². The van der Waals surface area contributed by atoms with E-state index in [0.717, 1.165) is 25.7 Å². The zero-order chi connectivity index (χ0) is 16.1. The largest absolute Gasteiger partial charge is 0.481 e. The number of nitrogens with zero attached hydrogens (tertiary/aromatic N) is 1. The van der Waals surface area contributed by atoms with Gasteiger partial charge in [0.05, 0.1) is 6.61 Å². The van der Waals surface area contributed by atoms with Gasteiger partial charge >= 0.3 is 12.0 Å². The normalized spacial score (nSPS) is 10.7. The molecule has 0 aliphatic carbocycles. The van der Waals surface area contributed by atoms with Crippen molar-refractivity contribution in [3.05, 3.63) is 0 Å². The van der Waals surface area contributed by atoms with Gasteiger partial charge in [0.15, 0.2) is 0 Å². The number of urea groups is 1. The van der Waals surface area contributed by atoms with Crippen molar-refractivity contribution >= 4 is 12.0 Å². The van der Waals surface area contributed by atoms with Crippen LogP contribution in [0.2, 0.25) is 0 Å². The standard InChI is InChI=1S/C15H30N2O4/c1-4-13(5-2)17(11-12-21-3)15(20)16-10-8-6-7-9-14(18)19/h13H,4-12H2,1-3H3,(H,16,20)(H,18,19). The zero-order valence-electron chi connectivity index (χ0n) is 13.6. The molecule has 0 rings (SSSR count). The first-order valence-electron chi connectivity index (χ1n) is 7.81. The molecular weight excluding hydrogens is 272 g/mol. The molecule has 0 saturated carbocycles. The van der Waals surface area contributed by atoms with E-state index in [1.165, 1.54) is 0 Å². The third-order valence-corrected chi connectivity index (χ3v) is 3.52. The summed E-state index contributed by atoms with van der Waals surface area (Å²) in [4.78, 5) is 24.4. The molecule has 0 unspecified atom stereocenters. The average Bonchev–Trinajstić information content (AvgIpc) is 2.46. The highest BCUT2D eigenvalue weighted by Crippen LogP contribution is 2.09. The lowest BCUT2D eigenvalue weighted by molar-refractivity contribution is -0.137. The van der Waals surface area contributed by atoms with Crippen molar-refractivity contribution in [3.8, 4) is 0 Å². The van der Waals surface area contributed by atoms with Crippen LogP contribution in [0.25, 0.3) is 0 Å². The highest BCUT2D eigenvalue weighted by molar-refractivity contribution is 5.74. The first-order chi connectivity index (χ1) is 10.1. The van der Waals surface area contributed by atoms with Gasteiger partial charge in [-0.2, -0.15) is 0 Å². The molecule has 0 aromatic carbocycles. The van der Waals surface area contributed by atoms with Crippen molar-refractivity contribution in [2.24, 2.45) is 0 Å². The minimum atomic E-state index is -0.765. The van der Waals surface area contributed by atoms with Crippen LogP contribution in [0.15, 0.2) is 0 Å². The Hall–Kier alpha value is -1.30. The van der Waals surface area contributed by atoms with Crippen LogP contribution in [0.1, 0.15) is 52.4 Å². The molecule has 0 bridgehead atoms. The van der Waals surface area contributed by atoms with E-state index in [4.69, 9.17) is 9.84 Å². The molecule has 0 radical (unpaired) electrons. The predicted octanol–water partition coefficient (Wildman–Crippen LogP) is 2.48. The highest BCUT2D eigenvalue weighted by atomic mass is 16.5. The second-order valence-corrected chi connectivity index (χ2v) is 5.09. The van der Waals surface area contributed by atoms with Crippen molar-refractivity contribution in [3.63, 3.8) is 0 Å². The molecule has 0 aliphatic heterocycles. The van der Waals surface area contributed by atoms with Crippen LogP contribution in [0.5, 0.6) is 0 Å². The second-order valence-electron chi connectivity index (χ2n) is 5.09. The van der Waals surface area contributed by atoms with E-state index in [0.29, 0.717) is 26.1 Å². The summed E-state index contributed by atoms with van der Waals surface area (Å²) in [5.74, 6) is -0.765. The molecule has 2 N–H and O–H groups in total. The minimum Gasteiger partial charge on any atom is -0.481 e. The number of carboxylic acids is 1. The lowest BCUT2D eigenvalue weighted by Gasteiger charge is -2.30. The Morgan fingerprint density at radius 1 is 1.19 bits per heavy atom. The molecule has 6 heteroatoms. The quantitative estimate of drug-likeness (QED) is 0.543. The first kappa shape index (κ1) is 19.7. The number of rotatable bonds is 12. The van der Waals surface area contributed by atoms with Crippen molar-refractivity contribution in [1.82, 2.24) is 10.2 Å². The van der Waals surface area contributed by atoms with Crippen LogP contribution in [-0.2, 0) is 9.53 Å². The van der Waals surface area contributed by atoms with Crippen molar-refractivity contribution in [2.45, 2.75) is 58.4 Å². The number of unbranched alkanes of at least 4 members (excludes halogenated alkanes) is 2. The lowest BCUT2D eigenvalue weighted by Crippen LogP contribution is -2.47. The van der Waals surface area contributed by atoms with Crippen molar-refractivity contribution < 1.29 is 19.4 Å². The number of hydrogen-bond donors (Lipinski definition) is 2. The summed E-state index contributed by atoms with van der Waals surface area (Å²) in [6.07, 6.45) is 4.32. The summed E-state index contributed by atoms with van der Waals surface area (Å²) >= 11 is 0. The van der Waals surface area contributed by atoms with E-state index in [2.05, 4.69) is 19.2 Å². The van der Waals surface area contributed by atoms with Crippen molar-refractivity contribution in [2.75, 3.05) is 26.8 Å². The molecule has 0 atom stereocenters. The Morgan fingerprint density at radius 3 is 2.38 bits per heavy atom. The number of carbonyl (C=O) groups is 2. The minimum absolute atomic E-state index is 0.0565. The van der Waals surface area contributed by atoms with E-state index >= 15 is 0 Å². The number of aliphatic carboxylic acids is 1. The van der Waals surface area contributed by atoms with Gasteiger partial charge in [-0.15, -0.1) is 0 Å². The van der Waals surface area contributed by atoms with E-state index < -0.39 is 5.97 Å². The molecule has 0 aliphatic rings. The number of amides is 2. The average molecular weight is 302 g/mol. The van der Waals surface area contributed by atoms with E-state index in [1.54, 1.807) is 7.11 Å². The fourth-order valence-electron chi connectivity index (χ4n) is 2.24. The third-order valence-electron chi connectivity index (χ3n) is 3.52. The summed E-state index contributed by atoms with van der Waals surface area (Å²) in [7, 11) is 1.63. The van der Waals surface area contributed by atoms with E-state index in [-0.39, 0.29) is 18.5 Å². The number of ether oxygens (including phenoxy) is 1. The smallest absolute Gasteiger partial charge is 0.317 e. The predicted molar refractivity (Wildman–Crippen MR) is 82.5 cm³/mol. The Kier molecular flexibility index (Phi) is 11.7. The van der Waals surface area contributed by atoms with Gasteiger partial charge in [0.1, 0.15) is 0 Å². The maximum Gasteiger partial charge on any atom is 0.317 e. The van der Waals surface area contributed by atoms with Crippen LogP contribution in [-0.4, -0.2) is 54.9 Å². The molecule has 0 heterocycles. The monoisotopic (exact) mass is 302 g/mol. The third kappa shape index (κ3) is 9.28. The fraction of sp³-hybridized carbons (Fsp3) is 0.867. The van der Waals surface area contributed by atoms with Crippen LogP contribution in [0, 0.1) is 0 Å². The Balaban J connectivity index is 4.07. The number of hydrogen-bond acceptors (Lipinski definition) is 3. The maximum atomic E-state index is 12.2. The van der Waals surface area contributed by atoms with Crippen LogP contribution < -0.4 is 5.32 Å². The van der Waals surface area contributed by atoms with Gasteiger partial charge in [-0.3, -0.25) is 4.79 Å². The molecule has 21 heavy (non-hydrogen) atoms. The van der Waals surface area contributed by atoms with Gasteiger partial charge in [-0.1, -0.05) is 20.3 Å². The van der Waals surface area contributed by atoms with Gasteiger partial charge in [-0.05, 0) is 25.7 Å². The summed E-state index contributed by atoms with van der Waals surface area (Å²) in [5, 5.41) is 11.5. The number of carbonyl (C=O) groups excluding carboxylic acids is 1.